The van der Waals surface area contributed by atoms with Crippen LogP contribution in [0.1, 0.15) is 12.5 Å². The zero-order chi connectivity index (χ0) is 38.3. The highest BCUT2D eigenvalue weighted by atomic mass is 15.2. The van der Waals surface area contributed by atoms with Gasteiger partial charge >= 0.3 is 0 Å². The lowest BCUT2D eigenvalue weighted by Crippen LogP contribution is -2.07. The fraction of sp³-hybridized carbons (Fsp3) is 0.0200. The molecule has 0 saturated carbocycles. The summed E-state index contributed by atoms with van der Waals surface area (Å²) in [6.45, 7) is 5.83. The molecule has 0 saturated heterocycles. The molecule has 0 aliphatic heterocycles. The molecule has 0 fully saturated rings. The van der Waals surface area contributed by atoms with Gasteiger partial charge in [0.1, 0.15) is 0 Å². The van der Waals surface area contributed by atoms with Crippen molar-refractivity contribution in [3.05, 3.63) is 194 Å². The first-order chi connectivity index (χ1) is 28.2. The van der Waals surface area contributed by atoms with E-state index in [1.165, 1.54) is 5.39 Å². The highest BCUT2D eigenvalue weighted by Gasteiger charge is 2.23. The van der Waals surface area contributed by atoms with Crippen molar-refractivity contribution < 1.29 is 0 Å². The number of nitrogens with zero attached hydrogens (tertiary/aromatic N) is 7. The van der Waals surface area contributed by atoms with Gasteiger partial charge < -0.3 is 4.57 Å². The molecule has 0 amide bonds. The zero-order valence-corrected chi connectivity index (χ0v) is 31.2. The number of rotatable bonds is 8. The van der Waals surface area contributed by atoms with E-state index >= 15 is 0 Å². The normalized spacial score (nSPS) is 12.1. The van der Waals surface area contributed by atoms with Gasteiger partial charge in [0.2, 0.25) is 5.95 Å². The van der Waals surface area contributed by atoms with E-state index in [1.54, 1.807) is 6.20 Å². The molecule has 270 valence electrons. The molecule has 0 bridgehead atoms. The fourth-order valence-corrected chi connectivity index (χ4v) is 7.92. The second-order valence-electron chi connectivity index (χ2n) is 13.8. The summed E-state index contributed by atoms with van der Waals surface area (Å²) in [5.41, 5.74) is 10.6. The third-order valence-electron chi connectivity index (χ3n) is 10.4. The van der Waals surface area contributed by atoms with Crippen molar-refractivity contribution in [3.8, 4) is 45.7 Å². The molecule has 0 aliphatic rings. The van der Waals surface area contributed by atoms with Crippen LogP contribution >= 0.6 is 0 Å². The minimum absolute atomic E-state index is 0.514. The van der Waals surface area contributed by atoms with Gasteiger partial charge in [-0.2, -0.15) is 9.97 Å². The van der Waals surface area contributed by atoms with Gasteiger partial charge in [-0.3, -0.25) is 14.5 Å². The molecule has 0 unspecified atom stereocenters. The lowest BCUT2D eigenvalue weighted by molar-refractivity contribution is 0.953. The Balaban J connectivity index is 1.31. The number of fused-ring (bicyclic) bond motifs is 7. The first-order valence-corrected chi connectivity index (χ1v) is 18.9. The minimum atomic E-state index is 0.514. The Hall–Kier alpha value is -7.77. The quantitative estimate of drug-likeness (QED) is 0.146. The Kier molecular flexibility index (Phi) is 8.38. The van der Waals surface area contributed by atoms with Crippen molar-refractivity contribution in [1.82, 2.24) is 29.1 Å². The number of allylic oxidation sites excluding steroid dienone is 2. The monoisotopic (exact) mass is 733 g/mol. The first-order valence-electron chi connectivity index (χ1n) is 18.9. The second kappa shape index (κ2) is 14.1. The van der Waals surface area contributed by atoms with Gasteiger partial charge in [0.05, 0.1) is 33.5 Å². The first kappa shape index (κ1) is 33.8. The van der Waals surface area contributed by atoms with E-state index in [2.05, 4.69) is 135 Å². The molecule has 4 heterocycles. The van der Waals surface area contributed by atoms with Gasteiger partial charge in [0.25, 0.3) is 0 Å². The maximum absolute atomic E-state index is 5.35. The molecule has 0 spiro atoms. The molecule has 10 rings (SSSR count). The summed E-state index contributed by atoms with van der Waals surface area (Å²) in [6, 6.07) is 54.5. The molecule has 6 aromatic carbocycles. The topological polar surface area (TPSA) is 73.8 Å². The third kappa shape index (κ3) is 5.81. The van der Waals surface area contributed by atoms with Crippen LogP contribution in [-0.2, 0) is 0 Å². The maximum atomic E-state index is 5.35. The molecule has 57 heavy (non-hydrogen) atoms. The summed E-state index contributed by atoms with van der Waals surface area (Å²) in [7, 11) is 0. The average molecular weight is 734 g/mol. The van der Waals surface area contributed by atoms with Crippen molar-refractivity contribution >= 4 is 49.3 Å². The molecule has 0 N–H and O–H groups in total. The molecule has 0 atom stereocenters. The van der Waals surface area contributed by atoms with Gasteiger partial charge in [0, 0.05) is 61.9 Å². The lowest BCUT2D eigenvalue weighted by atomic mass is 10.0. The summed E-state index contributed by atoms with van der Waals surface area (Å²) < 4.78 is 4.59. The SMILES string of the molecule is C=C/N=C(\C=C/C)c1cccc(-c2nc(-c3cccc(-c4ccccn4)c3)nc(-n3c4ccccc4c4ccc5c6ccccc6n(-c6ccccc6)c5c43)n2)c1. The number of hydrogen-bond acceptors (Lipinski definition) is 5. The molecule has 4 aromatic heterocycles. The van der Waals surface area contributed by atoms with Gasteiger partial charge in [-0.15, -0.1) is 0 Å². The Bertz CT molecular complexity index is 3210. The van der Waals surface area contributed by atoms with Crippen molar-refractivity contribution in [2.75, 3.05) is 0 Å². The number of aliphatic imine (C=N–C) groups is 1. The van der Waals surface area contributed by atoms with Gasteiger partial charge in [-0.25, -0.2) is 4.98 Å². The highest BCUT2D eigenvalue weighted by Crippen LogP contribution is 2.41. The largest absolute Gasteiger partial charge is 0.307 e. The third-order valence-corrected chi connectivity index (χ3v) is 10.4. The number of hydrogen-bond donors (Lipinski definition) is 0. The summed E-state index contributed by atoms with van der Waals surface area (Å²) >= 11 is 0. The standard InChI is InChI=1S/C50H35N7/c1-3-16-42(51-4-2)33-17-14-19-35(31-33)48-53-49(36-20-15-18-34(32-36)43-25-12-13-30-52-43)55-50(54-48)57-45-27-11-9-24-39(45)41-29-28-40-38-23-8-10-26-44(38)56(46(40)47(41)57)37-21-6-5-7-22-37/h3-32H,2H2,1H3/b16-3-,51-42+. The van der Waals surface area contributed by atoms with Crippen LogP contribution in [-0.4, -0.2) is 34.8 Å². The van der Waals surface area contributed by atoms with Gasteiger partial charge in [0.15, 0.2) is 11.6 Å². The van der Waals surface area contributed by atoms with E-state index in [-0.39, 0.29) is 0 Å². The van der Waals surface area contributed by atoms with Crippen LogP contribution in [0.4, 0.5) is 0 Å². The van der Waals surface area contributed by atoms with Gasteiger partial charge in [-0.05, 0) is 61.5 Å². The highest BCUT2D eigenvalue weighted by molar-refractivity contribution is 6.23. The number of para-hydroxylation sites is 3. The molecular weight excluding hydrogens is 699 g/mol. The lowest BCUT2D eigenvalue weighted by Gasteiger charge is -2.14. The number of benzene rings is 6. The zero-order valence-electron chi connectivity index (χ0n) is 31.2. The van der Waals surface area contributed by atoms with Crippen LogP contribution in [0.15, 0.2) is 194 Å². The van der Waals surface area contributed by atoms with E-state index in [4.69, 9.17) is 15.0 Å². The van der Waals surface area contributed by atoms with Gasteiger partial charge in [-0.1, -0.05) is 122 Å². The maximum Gasteiger partial charge on any atom is 0.238 e. The summed E-state index contributed by atoms with van der Waals surface area (Å²) in [4.78, 5) is 25.1. The van der Waals surface area contributed by atoms with E-state index in [0.717, 1.165) is 77.6 Å². The summed E-state index contributed by atoms with van der Waals surface area (Å²) in [5.74, 6) is 1.61. The summed E-state index contributed by atoms with van der Waals surface area (Å²) in [6.07, 6.45) is 7.32. The molecule has 7 heteroatoms. The van der Waals surface area contributed by atoms with Crippen LogP contribution in [0.2, 0.25) is 0 Å². The Morgan fingerprint density at radius 2 is 1.18 bits per heavy atom. The van der Waals surface area contributed by atoms with Crippen LogP contribution in [0, 0.1) is 0 Å². The van der Waals surface area contributed by atoms with E-state index in [1.807, 2.05) is 73.8 Å². The van der Waals surface area contributed by atoms with E-state index in [0.29, 0.717) is 17.6 Å². The van der Waals surface area contributed by atoms with Crippen molar-refractivity contribution in [2.24, 2.45) is 4.99 Å². The average Bonchev–Trinajstić information content (AvgIpc) is 3.80. The Morgan fingerprint density at radius 3 is 1.86 bits per heavy atom. The van der Waals surface area contributed by atoms with Crippen LogP contribution < -0.4 is 0 Å². The fourth-order valence-electron chi connectivity index (χ4n) is 7.92. The van der Waals surface area contributed by atoms with Crippen molar-refractivity contribution in [2.45, 2.75) is 6.92 Å². The van der Waals surface area contributed by atoms with E-state index < -0.39 is 0 Å². The van der Waals surface area contributed by atoms with E-state index in [9.17, 15) is 0 Å². The minimum Gasteiger partial charge on any atom is -0.307 e. The predicted molar refractivity (Wildman–Crippen MR) is 234 cm³/mol. The van der Waals surface area contributed by atoms with Crippen LogP contribution in [0.25, 0.3) is 89.3 Å². The Labute approximate surface area is 329 Å². The molecule has 0 aliphatic carbocycles. The molecule has 10 aromatic rings. The number of aromatic nitrogens is 6. The number of pyridine rings is 1. The molecule has 7 nitrogen and oxygen atoms in total. The smallest absolute Gasteiger partial charge is 0.238 e. The van der Waals surface area contributed by atoms with Crippen molar-refractivity contribution in [1.29, 1.82) is 0 Å². The molecular formula is C50H35N7. The summed E-state index contributed by atoms with van der Waals surface area (Å²) in [5, 5.41) is 4.54. The predicted octanol–water partition coefficient (Wildman–Crippen LogP) is 12.0. The van der Waals surface area contributed by atoms with Crippen LogP contribution in [0.3, 0.4) is 0 Å². The molecule has 0 radical (unpaired) electrons. The van der Waals surface area contributed by atoms with Crippen LogP contribution in [0.5, 0.6) is 0 Å². The second-order valence-corrected chi connectivity index (χ2v) is 13.8. The van der Waals surface area contributed by atoms with Crippen molar-refractivity contribution in [3.63, 3.8) is 0 Å². The Morgan fingerprint density at radius 1 is 0.561 bits per heavy atom.